The van der Waals surface area contributed by atoms with Crippen LogP contribution >= 0.6 is 39.1 Å². The summed E-state index contributed by atoms with van der Waals surface area (Å²) in [4.78, 5) is 12.2. The van der Waals surface area contributed by atoms with Gasteiger partial charge in [-0.3, -0.25) is 9.48 Å². The second-order valence-corrected chi connectivity index (χ2v) is 7.67. The topological polar surface area (TPSA) is 74.0 Å². The molecule has 2 heterocycles. The Morgan fingerprint density at radius 2 is 1.96 bits per heavy atom. The zero-order chi connectivity index (χ0) is 20.1. The van der Waals surface area contributed by atoms with Crippen LogP contribution < -0.4 is 10.1 Å². The molecule has 2 aromatic heterocycles. The van der Waals surface area contributed by atoms with Crippen molar-refractivity contribution in [2.75, 3.05) is 6.54 Å². The van der Waals surface area contributed by atoms with Gasteiger partial charge in [0.05, 0.1) is 20.2 Å². The van der Waals surface area contributed by atoms with Crippen molar-refractivity contribution in [3.63, 3.8) is 0 Å². The first-order valence-electron chi connectivity index (χ1n) is 8.52. The maximum atomic E-state index is 12.2. The molecule has 1 aromatic carbocycles. The SMILES string of the molecule is Cc1nn(CCCNC(=O)c2ccn(COc3c(Cl)cccc3Cl)n2)cc1Br. The Morgan fingerprint density at radius 1 is 1.21 bits per heavy atom. The fourth-order valence-electron chi connectivity index (χ4n) is 2.45. The highest BCUT2D eigenvalue weighted by Crippen LogP contribution is 2.32. The maximum absolute atomic E-state index is 12.2. The molecular weight excluding hydrogens is 469 g/mol. The van der Waals surface area contributed by atoms with E-state index in [1.165, 1.54) is 4.68 Å². The highest BCUT2D eigenvalue weighted by molar-refractivity contribution is 9.10. The van der Waals surface area contributed by atoms with Crippen molar-refractivity contribution in [3.05, 3.63) is 62.6 Å². The number of nitrogens with zero attached hydrogens (tertiary/aromatic N) is 4. The van der Waals surface area contributed by atoms with E-state index in [0.717, 1.165) is 16.6 Å². The van der Waals surface area contributed by atoms with Gasteiger partial charge < -0.3 is 10.1 Å². The number of nitrogens with one attached hydrogen (secondary N) is 1. The van der Waals surface area contributed by atoms with Gasteiger partial charge in [-0.15, -0.1) is 0 Å². The standard InChI is InChI=1S/C18H18BrCl2N5O2/c1-12-13(19)10-25(23-12)8-3-7-22-18(27)16-6-9-26(24-16)11-28-17-14(20)4-2-5-15(17)21/h2,4-6,9-10H,3,7-8,11H2,1H3,(H,22,27). The highest BCUT2D eigenvalue weighted by atomic mass is 79.9. The zero-order valence-electron chi connectivity index (χ0n) is 15.0. The number of benzene rings is 1. The number of aromatic nitrogens is 4. The van der Waals surface area contributed by atoms with Crippen molar-refractivity contribution in [1.82, 2.24) is 24.9 Å². The van der Waals surface area contributed by atoms with Gasteiger partial charge in [0.25, 0.3) is 5.91 Å². The van der Waals surface area contributed by atoms with Gasteiger partial charge in [0.1, 0.15) is 5.69 Å². The number of amides is 1. The Labute approximate surface area is 180 Å². The minimum Gasteiger partial charge on any atom is -0.468 e. The minimum absolute atomic E-state index is 0.0876. The van der Waals surface area contributed by atoms with Crippen LogP contribution in [0.2, 0.25) is 10.0 Å². The van der Waals surface area contributed by atoms with Crippen LogP contribution in [0.3, 0.4) is 0 Å². The van der Waals surface area contributed by atoms with Crippen LogP contribution in [-0.2, 0) is 13.3 Å². The summed E-state index contributed by atoms with van der Waals surface area (Å²) in [6.07, 6.45) is 4.34. The number of ether oxygens (including phenoxy) is 1. The smallest absolute Gasteiger partial charge is 0.271 e. The van der Waals surface area contributed by atoms with E-state index in [1.54, 1.807) is 30.5 Å². The second-order valence-electron chi connectivity index (χ2n) is 6.00. The Bertz CT molecular complexity index is 933. The van der Waals surface area contributed by atoms with Gasteiger partial charge in [-0.05, 0) is 47.5 Å². The van der Waals surface area contributed by atoms with E-state index in [9.17, 15) is 4.79 Å². The van der Waals surface area contributed by atoms with E-state index in [1.807, 2.05) is 17.8 Å². The molecule has 0 saturated heterocycles. The molecule has 0 aliphatic rings. The van der Waals surface area contributed by atoms with Gasteiger partial charge in [0.15, 0.2) is 12.5 Å². The van der Waals surface area contributed by atoms with Gasteiger partial charge in [-0.2, -0.15) is 10.2 Å². The molecule has 0 unspecified atom stereocenters. The molecule has 3 rings (SSSR count). The van der Waals surface area contributed by atoms with Crippen molar-refractivity contribution in [1.29, 1.82) is 0 Å². The highest BCUT2D eigenvalue weighted by Gasteiger charge is 2.11. The zero-order valence-corrected chi connectivity index (χ0v) is 18.1. The molecular formula is C18H18BrCl2N5O2. The molecule has 0 spiro atoms. The molecule has 0 aliphatic carbocycles. The Morgan fingerprint density at radius 3 is 2.64 bits per heavy atom. The number of para-hydroxylation sites is 1. The summed E-state index contributed by atoms with van der Waals surface area (Å²) in [5.74, 6) is 0.139. The first-order valence-corrected chi connectivity index (χ1v) is 10.1. The van der Waals surface area contributed by atoms with Crippen molar-refractivity contribution in [2.24, 2.45) is 0 Å². The number of halogens is 3. The van der Waals surface area contributed by atoms with Gasteiger partial charge >= 0.3 is 0 Å². The molecule has 28 heavy (non-hydrogen) atoms. The average Bonchev–Trinajstić information content (AvgIpc) is 3.25. The number of carbonyl (C=O) groups is 1. The fraction of sp³-hybridized carbons (Fsp3) is 0.278. The lowest BCUT2D eigenvalue weighted by atomic mass is 10.3. The van der Waals surface area contributed by atoms with Crippen molar-refractivity contribution >= 4 is 45.0 Å². The molecule has 1 N–H and O–H groups in total. The second kappa shape index (κ2) is 9.45. The Kier molecular flexibility index (Phi) is 6.98. The van der Waals surface area contributed by atoms with Crippen LogP contribution in [0.1, 0.15) is 22.6 Å². The van der Waals surface area contributed by atoms with Gasteiger partial charge in [0, 0.05) is 25.5 Å². The van der Waals surface area contributed by atoms with E-state index in [2.05, 4.69) is 31.4 Å². The van der Waals surface area contributed by atoms with Crippen LogP contribution in [0.5, 0.6) is 5.75 Å². The van der Waals surface area contributed by atoms with Gasteiger partial charge in [-0.1, -0.05) is 29.3 Å². The van der Waals surface area contributed by atoms with Crippen LogP contribution in [0.15, 0.2) is 41.1 Å². The Hall–Kier alpha value is -2.03. The molecule has 3 aromatic rings. The van der Waals surface area contributed by atoms with Gasteiger partial charge in [0.2, 0.25) is 0 Å². The lowest BCUT2D eigenvalue weighted by molar-refractivity contribution is 0.0945. The van der Waals surface area contributed by atoms with E-state index in [0.29, 0.717) is 34.6 Å². The number of hydrogen-bond donors (Lipinski definition) is 1. The number of aryl methyl sites for hydroxylation is 2. The monoisotopic (exact) mass is 485 g/mol. The third-order valence-electron chi connectivity index (χ3n) is 3.87. The predicted molar refractivity (Wildman–Crippen MR) is 111 cm³/mol. The van der Waals surface area contributed by atoms with Crippen molar-refractivity contribution < 1.29 is 9.53 Å². The molecule has 0 atom stereocenters. The molecule has 10 heteroatoms. The first kappa shape index (κ1) is 20.7. The normalized spacial score (nSPS) is 10.9. The van der Waals surface area contributed by atoms with E-state index < -0.39 is 0 Å². The van der Waals surface area contributed by atoms with Crippen LogP contribution in [-0.4, -0.2) is 32.0 Å². The fourth-order valence-corrected chi connectivity index (χ4v) is 3.27. The lowest BCUT2D eigenvalue weighted by Gasteiger charge is -2.09. The van der Waals surface area contributed by atoms with Crippen LogP contribution in [0.4, 0.5) is 0 Å². The third-order valence-corrected chi connectivity index (χ3v) is 5.24. The number of hydrogen-bond acceptors (Lipinski definition) is 4. The minimum atomic E-state index is -0.243. The van der Waals surface area contributed by atoms with E-state index in [-0.39, 0.29) is 12.6 Å². The Balaban J connectivity index is 1.46. The molecule has 0 aliphatic heterocycles. The van der Waals surface area contributed by atoms with Crippen LogP contribution in [0, 0.1) is 6.92 Å². The van der Waals surface area contributed by atoms with Gasteiger partial charge in [-0.25, -0.2) is 4.68 Å². The summed E-state index contributed by atoms with van der Waals surface area (Å²) in [6, 6.07) is 6.74. The molecule has 148 valence electrons. The first-order chi connectivity index (χ1) is 13.4. The predicted octanol–water partition coefficient (Wildman–Crippen LogP) is 4.31. The molecule has 0 fully saturated rings. The molecule has 0 radical (unpaired) electrons. The maximum Gasteiger partial charge on any atom is 0.271 e. The molecule has 7 nitrogen and oxygen atoms in total. The molecule has 0 saturated carbocycles. The molecule has 1 amide bonds. The summed E-state index contributed by atoms with van der Waals surface area (Å²) < 4.78 is 9.91. The van der Waals surface area contributed by atoms with Crippen molar-refractivity contribution in [3.8, 4) is 5.75 Å². The summed E-state index contributed by atoms with van der Waals surface area (Å²) >= 11 is 15.6. The summed E-state index contributed by atoms with van der Waals surface area (Å²) in [6.45, 7) is 3.26. The third kappa shape index (κ3) is 5.27. The van der Waals surface area contributed by atoms with Crippen LogP contribution in [0.25, 0.3) is 0 Å². The molecule has 0 bridgehead atoms. The van der Waals surface area contributed by atoms with Crippen molar-refractivity contribution in [2.45, 2.75) is 26.6 Å². The lowest BCUT2D eigenvalue weighted by Crippen LogP contribution is -2.26. The number of rotatable bonds is 8. The number of carbonyl (C=O) groups excluding carboxylic acids is 1. The largest absolute Gasteiger partial charge is 0.468 e. The summed E-state index contributed by atoms with van der Waals surface area (Å²) in [7, 11) is 0. The summed E-state index contributed by atoms with van der Waals surface area (Å²) in [5, 5.41) is 12.2. The van der Waals surface area contributed by atoms with E-state index >= 15 is 0 Å². The quantitative estimate of drug-likeness (QED) is 0.481. The average molecular weight is 487 g/mol. The van der Waals surface area contributed by atoms with E-state index in [4.69, 9.17) is 27.9 Å². The summed E-state index contributed by atoms with van der Waals surface area (Å²) in [5.41, 5.74) is 1.25.